The van der Waals surface area contributed by atoms with Crippen molar-refractivity contribution in [2.24, 2.45) is 0 Å². The highest BCUT2D eigenvalue weighted by atomic mass is 19.4. The summed E-state index contributed by atoms with van der Waals surface area (Å²) in [6.07, 6.45) is -9.13. The van der Waals surface area contributed by atoms with Crippen molar-refractivity contribution in [3.05, 3.63) is 34.9 Å². The first kappa shape index (κ1) is 15.7. The SMILES string of the molecule is O=C1CCC(Cc2cc(C(F)(F)F)cc(C(F)(F)F)c2)N1. The molecule has 1 N–H and O–H groups in total. The molecule has 0 bridgehead atoms. The number of amides is 1. The van der Waals surface area contributed by atoms with Crippen LogP contribution in [0, 0.1) is 0 Å². The predicted molar refractivity (Wildman–Crippen MR) is 61.3 cm³/mol. The third-order valence-electron chi connectivity index (χ3n) is 3.21. The Labute approximate surface area is 116 Å². The van der Waals surface area contributed by atoms with E-state index in [1.165, 1.54) is 0 Å². The molecule has 1 atom stereocenters. The summed E-state index contributed by atoms with van der Waals surface area (Å²) in [5.74, 6) is -0.247. The lowest BCUT2D eigenvalue weighted by Crippen LogP contribution is -2.27. The Balaban J connectivity index is 2.33. The number of hydrogen-bond donors (Lipinski definition) is 1. The Kier molecular flexibility index (Phi) is 3.90. The quantitative estimate of drug-likeness (QED) is 0.832. The van der Waals surface area contributed by atoms with Crippen LogP contribution in [-0.2, 0) is 23.6 Å². The molecule has 21 heavy (non-hydrogen) atoms. The van der Waals surface area contributed by atoms with Crippen LogP contribution in [0.4, 0.5) is 26.3 Å². The Morgan fingerprint density at radius 2 is 1.52 bits per heavy atom. The normalized spacial score (nSPS) is 19.7. The Hall–Kier alpha value is -1.73. The van der Waals surface area contributed by atoms with E-state index in [4.69, 9.17) is 0 Å². The molecule has 1 aliphatic heterocycles. The maximum absolute atomic E-state index is 12.7. The van der Waals surface area contributed by atoms with E-state index in [1.54, 1.807) is 0 Å². The Morgan fingerprint density at radius 1 is 1.00 bits per heavy atom. The third kappa shape index (κ3) is 3.89. The summed E-state index contributed by atoms with van der Waals surface area (Å²) in [5.41, 5.74) is -2.77. The van der Waals surface area contributed by atoms with E-state index in [0.717, 1.165) is 0 Å². The van der Waals surface area contributed by atoms with Crippen molar-refractivity contribution in [3.63, 3.8) is 0 Å². The summed E-state index contributed by atoms with van der Waals surface area (Å²) in [7, 11) is 0. The van der Waals surface area contributed by atoms with Gasteiger partial charge in [0, 0.05) is 12.5 Å². The third-order valence-corrected chi connectivity index (χ3v) is 3.21. The number of alkyl halides is 6. The van der Waals surface area contributed by atoms with Crippen molar-refractivity contribution < 1.29 is 31.1 Å². The summed E-state index contributed by atoms with van der Waals surface area (Å²) >= 11 is 0. The van der Waals surface area contributed by atoms with Crippen molar-refractivity contribution in [1.82, 2.24) is 5.32 Å². The molecule has 0 aliphatic carbocycles. The van der Waals surface area contributed by atoms with Gasteiger partial charge in [-0.05, 0) is 36.6 Å². The fraction of sp³-hybridized carbons (Fsp3) is 0.462. The highest BCUT2D eigenvalue weighted by molar-refractivity contribution is 5.78. The van der Waals surface area contributed by atoms with E-state index in [-0.39, 0.29) is 30.4 Å². The van der Waals surface area contributed by atoms with Gasteiger partial charge >= 0.3 is 12.4 Å². The fourth-order valence-electron chi connectivity index (χ4n) is 2.25. The van der Waals surface area contributed by atoms with Gasteiger partial charge in [0.1, 0.15) is 0 Å². The summed E-state index contributed by atoms with van der Waals surface area (Å²) in [6.45, 7) is 0. The van der Waals surface area contributed by atoms with Crippen molar-refractivity contribution in [3.8, 4) is 0 Å². The lowest BCUT2D eigenvalue weighted by molar-refractivity contribution is -0.143. The zero-order chi connectivity index (χ0) is 15.8. The van der Waals surface area contributed by atoms with Crippen LogP contribution in [0.1, 0.15) is 29.5 Å². The summed E-state index contributed by atoms with van der Waals surface area (Å²) < 4.78 is 76.0. The Morgan fingerprint density at radius 3 is 1.90 bits per heavy atom. The van der Waals surface area contributed by atoms with Crippen LogP contribution in [0.5, 0.6) is 0 Å². The summed E-state index contributed by atoms with van der Waals surface area (Å²) in [4.78, 5) is 11.0. The predicted octanol–water partition coefficient (Wildman–Crippen LogP) is 3.55. The van der Waals surface area contributed by atoms with E-state index < -0.39 is 29.5 Å². The largest absolute Gasteiger partial charge is 0.416 e. The molecule has 1 aromatic carbocycles. The molecular formula is C13H11F6NO. The lowest BCUT2D eigenvalue weighted by atomic mass is 9.99. The second kappa shape index (κ2) is 5.23. The van der Waals surface area contributed by atoms with Crippen molar-refractivity contribution in [2.45, 2.75) is 37.7 Å². The number of benzene rings is 1. The number of nitrogens with one attached hydrogen (secondary N) is 1. The van der Waals surface area contributed by atoms with Gasteiger partial charge in [-0.15, -0.1) is 0 Å². The first-order valence-corrected chi connectivity index (χ1v) is 6.13. The topological polar surface area (TPSA) is 29.1 Å². The van der Waals surface area contributed by atoms with Gasteiger partial charge in [0.05, 0.1) is 11.1 Å². The zero-order valence-corrected chi connectivity index (χ0v) is 10.6. The molecule has 8 heteroatoms. The van der Waals surface area contributed by atoms with E-state index in [9.17, 15) is 31.1 Å². The van der Waals surface area contributed by atoms with Crippen molar-refractivity contribution in [2.75, 3.05) is 0 Å². The molecule has 0 saturated carbocycles. The standard InChI is InChI=1S/C13H11F6NO/c14-12(15,16)8-3-7(4-9(6-8)13(17,18)19)5-10-1-2-11(21)20-10/h3-4,6,10H,1-2,5H2,(H,20,21). The minimum Gasteiger partial charge on any atom is -0.353 e. The fourth-order valence-corrected chi connectivity index (χ4v) is 2.25. The van der Waals surface area contributed by atoms with E-state index in [0.29, 0.717) is 18.6 Å². The minimum atomic E-state index is -4.85. The van der Waals surface area contributed by atoms with Gasteiger partial charge in [-0.25, -0.2) is 0 Å². The van der Waals surface area contributed by atoms with Gasteiger partial charge in [-0.3, -0.25) is 4.79 Å². The number of hydrogen-bond acceptors (Lipinski definition) is 1. The van der Waals surface area contributed by atoms with Crippen molar-refractivity contribution >= 4 is 5.91 Å². The average Bonchev–Trinajstić information content (AvgIpc) is 2.72. The smallest absolute Gasteiger partial charge is 0.353 e. The summed E-state index contributed by atoms with van der Waals surface area (Å²) in [5, 5.41) is 2.52. The number of carbonyl (C=O) groups is 1. The maximum atomic E-state index is 12.7. The number of halogens is 6. The van der Waals surface area contributed by atoms with Crippen LogP contribution in [0.2, 0.25) is 0 Å². The molecule has 116 valence electrons. The number of carbonyl (C=O) groups excluding carboxylic acids is 1. The molecule has 0 spiro atoms. The molecule has 2 rings (SSSR count). The molecule has 1 amide bonds. The number of rotatable bonds is 2. The van der Waals surface area contributed by atoms with E-state index >= 15 is 0 Å². The first-order chi connectivity index (χ1) is 9.55. The molecule has 0 aromatic heterocycles. The maximum Gasteiger partial charge on any atom is 0.416 e. The van der Waals surface area contributed by atoms with E-state index in [1.807, 2.05) is 0 Å². The average molecular weight is 311 g/mol. The molecule has 0 radical (unpaired) electrons. The molecular weight excluding hydrogens is 300 g/mol. The van der Waals surface area contributed by atoms with Crippen molar-refractivity contribution in [1.29, 1.82) is 0 Å². The molecule has 1 saturated heterocycles. The van der Waals surface area contributed by atoms with Gasteiger partial charge in [0.2, 0.25) is 5.91 Å². The highest BCUT2D eigenvalue weighted by Crippen LogP contribution is 2.36. The van der Waals surface area contributed by atoms with Gasteiger partial charge in [0.25, 0.3) is 0 Å². The molecule has 1 heterocycles. The molecule has 1 unspecified atom stereocenters. The monoisotopic (exact) mass is 311 g/mol. The summed E-state index contributed by atoms with van der Waals surface area (Å²) in [6, 6.07) is 1.05. The molecule has 1 aliphatic rings. The van der Waals surface area contributed by atoms with E-state index in [2.05, 4.69) is 5.32 Å². The van der Waals surface area contributed by atoms with Gasteiger partial charge in [-0.2, -0.15) is 26.3 Å². The molecule has 1 fully saturated rings. The first-order valence-electron chi connectivity index (χ1n) is 6.13. The van der Waals surface area contributed by atoms with Gasteiger partial charge in [-0.1, -0.05) is 0 Å². The van der Waals surface area contributed by atoms with Crippen LogP contribution in [0.3, 0.4) is 0 Å². The lowest BCUT2D eigenvalue weighted by Gasteiger charge is -2.16. The second-order valence-corrected chi connectivity index (χ2v) is 4.92. The zero-order valence-electron chi connectivity index (χ0n) is 10.6. The van der Waals surface area contributed by atoms with Gasteiger partial charge in [0.15, 0.2) is 0 Å². The Bertz CT molecular complexity index is 516. The molecule has 1 aromatic rings. The molecule has 2 nitrogen and oxygen atoms in total. The van der Waals surface area contributed by atoms with Crippen LogP contribution in [0.25, 0.3) is 0 Å². The van der Waals surface area contributed by atoms with Crippen LogP contribution in [0.15, 0.2) is 18.2 Å². The highest BCUT2D eigenvalue weighted by Gasteiger charge is 2.37. The van der Waals surface area contributed by atoms with Crippen LogP contribution >= 0.6 is 0 Å². The minimum absolute atomic E-state index is 0.0568. The van der Waals surface area contributed by atoms with Gasteiger partial charge < -0.3 is 5.32 Å². The van der Waals surface area contributed by atoms with Crippen LogP contribution < -0.4 is 5.32 Å². The van der Waals surface area contributed by atoms with Crippen LogP contribution in [-0.4, -0.2) is 11.9 Å². The second-order valence-electron chi connectivity index (χ2n) is 4.92.